The van der Waals surface area contributed by atoms with Crippen molar-refractivity contribution in [3.8, 4) is 17.2 Å². The largest absolute Gasteiger partial charge is 0.497 e. The zero-order chi connectivity index (χ0) is 20.3. The van der Waals surface area contributed by atoms with Crippen LogP contribution in [0.3, 0.4) is 0 Å². The van der Waals surface area contributed by atoms with Crippen molar-refractivity contribution in [1.29, 1.82) is 0 Å². The number of nitrogens with zero attached hydrogens (tertiary/aromatic N) is 3. The van der Waals surface area contributed by atoms with Crippen LogP contribution in [0.15, 0.2) is 48.5 Å². The van der Waals surface area contributed by atoms with E-state index in [1.165, 1.54) is 0 Å². The molecule has 6 nitrogen and oxygen atoms in total. The average Bonchev–Trinajstić information content (AvgIpc) is 3.05. The molecule has 0 aliphatic carbocycles. The van der Waals surface area contributed by atoms with Crippen molar-refractivity contribution in [2.75, 3.05) is 21.3 Å². The van der Waals surface area contributed by atoms with E-state index in [4.69, 9.17) is 9.47 Å². The van der Waals surface area contributed by atoms with Crippen LogP contribution in [0.4, 0.5) is 0 Å². The zero-order valence-electron chi connectivity index (χ0n) is 16.9. The fourth-order valence-corrected chi connectivity index (χ4v) is 3.17. The first-order valence-electron chi connectivity index (χ1n) is 9.03. The third kappa shape index (κ3) is 4.01. The molecule has 0 fully saturated rings. The van der Waals surface area contributed by atoms with E-state index in [9.17, 15) is 4.79 Å². The van der Waals surface area contributed by atoms with Crippen molar-refractivity contribution in [3.63, 3.8) is 0 Å². The highest BCUT2D eigenvalue weighted by Crippen LogP contribution is 2.26. The van der Waals surface area contributed by atoms with Gasteiger partial charge in [0.25, 0.3) is 5.91 Å². The predicted octanol–water partition coefficient (Wildman–Crippen LogP) is 3.78. The monoisotopic (exact) mass is 379 g/mol. The molecule has 0 radical (unpaired) electrons. The maximum absolute atomic E-state index is 12.8. The maximum Gasteiger partial charge on any atom is 0.253 e. The topological polar surface area (TPSA) is 56.6 Å². The van der Waals surface area contributed by atoms with E-state index in [2.05, 4.69) is 5.10 Å². The van der Waals surface area contributed by atoms with Gasteiger partial charge < -0.3 is 14.4 Å². The van der Waals surface area contributed by atoms with Gasteiger partial charge in [0, 0.05) is 36.5 Å². The number of rotatable bonds is 6. The third-order valence-electron chi connectivity index (χ3n) is 4.62. The molecule has 0 spiro atoms. The van der Waals surface area contributed by atoms with Crippen LogP contribution in [-0.4, -0.2) is 41.9 Å². The van der Waals surface area contributed by atoms with Crippen LogP contribution < -0.4 is 9.47 Å². The first-order valence-corrected chi connectivity index (χ1v) is 9.03. The summed E-state index contributed by atoms with van der Waals surface area (Å²) >= 11 is 0. The Labute approximate surface area is 165 Å². The van der Waals surface area contributed by atoms with Gasteiger partial charge in [0.15, 0.2) is 0 Å². The Morgan fingerprint density at radius 2 is 1.75 bits per heavy atom. The lowest BCUT2D eigenvalue weighted by molar-refractivity contribution is 0.0784. The van der Waals surface area contributed by atoms with Crippen molar-refractivity contribution in [1.82, 2.24) is 14.7 Å². The number of hydrogen-bond acceptors (Lipinski definition) is 4. The maximum atomic E-state index is 12.8. The lowest BCUT2D eigenvalue weighted by Crippen LogP contribution is -2.26. The van der Waals surface area contributed by atoms with Crippen molar-refractivity contribution in [2.45, 2.75) is 20.4 Å². The van der Waals surface area contributed by atoms with Crippen LogP contribution in [-0.2, 0) is 6.54 Å². The lowest BCUT2D eigenvalue weighted by atomic mass is 10.1. The number of aromatic nitrogens is 2. The van der Waals surface area contributed by atoms with Crippen LogP contribution in [0.25, 0.3) is 5.69 Å². The Hall–Kier alpha value is -3.28. The number of ether oxygens (including phenoxy) is 2. The number of hydrogen-bond donors (Lipinski definition) is 0. The van der Waals surface area contributed by atoms with E-state index in [0.717, 1.165) is 22.6 Å². The Bertz CT molecular complexity index is 977. The molecule has 3 rings (SSSR count). The highest BCUT2D eigenvalue weighted by molar-refractivity contribution is 5.94. The Morgan fingerprint density at radius 3 is 2.32 bits per heavy atom. The molecule has 0 saturated heterocycles. The van der Waals surface area contributed by atoms with Gasteiger partial charge in [-0.2, -0.15) is 5.10 Å². The fraction of sp³-hybridized carbons (Fsp3) is 0.273. The van der Waals surface area contributed by atoms with Gasteiger partial charge in [-0.1, -0.05) is 0 Å². The average molecular weight is 379 g/mol. The predicted molar refractivity (Wildman–Crippen MR) is 108 cm³/mol. The summed E-state index contributed by atoms with van der Waals surface area (Å²) in [6.07, 6.45) is 0. The van der Waals surface area contributed by atoms with E-state index in [1.807, 2.05) is 67.1 Å². The summed E-state index contributed by atoms with van der Waals surface area (Å²) in [5.41, 5.74) is 4.49. The minimum Gasteiger partial charge on any atom is -0.497 e. The summed E-state index contributed by atoms with van der Waals surface area (Å²) in [5, 5.41) is 4.48. The van der Waals surface area contributed by atoms with Gasteiger partial charge in [-0.05, 0) is 56.3 Å². The van der Waals surface area contributed by atoms with E-state index in [1.54, 1.807) is 26.2 Å². The number of amides is 1. The smallest absolute Gasteiger partial charge is 0.253 e. The van der Waals surface area contributed by atoms with Crippen LogP contribution in [0.5, 0.6) is 11.5 Å². The first-order chi connectivity index (χ1) is 13.4. The standard InChI is InChI=1S/C22H25N3O3/c1-15-12-16(2)25(23-15)19-9-6-17(7-10-19)22(26)24(3)14-18-8-11-20(27-4)13-21(18)28-5/h6-13H,14H2,1-5H3. The minimum absolute atomic E-state index is 0.0576. The van der Waals surface area contributed by atoms with Gasteiger partial charge in [-0.3, -0.25) is 4.79 Å². The summed E-state index contributed by atoms with van der Waals surface area (Å²) in [5.74, 6) is 1.35. The number of aryl methyl sites for hydroxylation is 2. The Balaban J connectivity index is 1.76. The first kappa shape index (κ1) is 19.5. The van der Waals surface area contributed by atoms with E-state index < -0.39 is 0 Å². The number of carbonyl (C=O) groups excluding carboxylic acids is 1. The molecule has 28 heavy (non-hydrogen) atoms. The van der Waals surface area contributed by atoms with Crippen LogP contribution in [0, 0.1) is 13.8 Å². The molecule has 0 bridgehead atoms. The highest BCUT2D eigenvalue weighted by atomic mass is 16.5. The number of methoxy groups -OCH3 is 2. The highest BCUT2D eigenvalue weighted by Gasteiger charge is 2.15. The molecule has 1 heterocycles. The van der Waals surface area contributed by atoms with Gasteiger partial charge in [0.2, 0.25) is 0 Å². The number of carbonyl (C=O) groups is 1. The molecular formula is C22H25N3O3. The van der Waals surface area contributed by atoms with Gasteiger partial charge in [0.1, 0.15) is 11.5 Å². The van der Waals surface area contributed by atoms with Crippen molar-refractivity contribution in [2.24, 2.45) is 0 Å². The van der Waals surface area contributed by atoms with E-state index >= 15 is 0 Å². The Morgan fingerprint density at radius 1 is 1.04 bits per heavy atom. The molecule has 1 amide bonds. The van der Waals surface area contributed by atoms with Gasteiger partial charge >= 0.3 is 0 Å². The summed E-state index contributed by atoms with van der Waals surface area (Å²) in [6.45, 7) is 4.41. The van der Waals surface area contributed by atoms with E-state index in [0.29, 0.717) is 23.6 Å². The molecule has 146 valence electrons. The molecule has 2 aromatic carbocycles. The second-order valence-electron chi connectivity index (χ2n) is 6.72. The SMILES string of the molecule is COc1ccc(CN(C)C(=O)c2ccc(-n3nc(C)cc3C)cc2)c(OC)c1. The molecule has 1 aromatic heterocycles. The molecule has 0 atom stereocenters. The van der Waals surface area contributed by atoms with Crippen LogP contribution in [0.2, 0.25) is 0 Å². The molecule has 0 aliphatic heterocycles. The summed E-state index contributed by atoms with van der Waals surface area (Å²) in [4.78, 5) is 14.5. The van der Waals surface area contributed by atoms with Crippen LogP contribution >= 0.6 is 0 Å². The zero-order valence-corrected chi connectivity index (χ0v) is 16.9. The van der Waals surface area contributed by atoms with Gasteiger partial charge in [0.05, 0.1) is 25.6 Å². The second kappa shape index (κ2) is 8.17. The second-order valence-corrected chi connectivity index (χ2v) is 6.72. The lowest BCUT2D eigenvalue weighted by Gasteiger charge is -2.19. The summed E-state index contributed by atoms with van der Waals surface area (Å²) < 4.78 is 12.5. The quantitative estimate of drug-likeness (QED) is 0.654. The molecular weight excluding hydrogens is 354 g/mol. The van der Waals surface area contributed by atoms with Crippen molar-refractivity contribution >= 4 is 5.91 Å². The molecule has 0 saturated carbocycles. The summed E-state index contributed by atoms with van der Waals surface area (Å²) in [7, 11) is 5.00. The molecule has 0 unspecified atom stereocenters. The minimum atomic E-state index is -0.0576. The summed E-state index contributed by atoms with van der Waals surface area (Å²) in [6, 6.07) is 15.1. The Kier molecular flexibility index (Phi) is 5.68. The van der Waals surface area contributed by atoms with Crippen molar-refractivity contribution < 1.29 is 14.3 Å². The fourth-order valence-electron chi connectivity index (χ4n) is 3.17. The third-order valence-corrected chi connectivity index (χ3v) is 4.62. The molecule has 3 aromatic rings. The normalized spacial score (nSPS) is 10.6. The van der Waals surface area contributed by atoms with Gasteiger partial charge in [-0.15, -0.1) is 0 Å². The van der Waals surface area contributed by atoms with E-state index in [-0.39, 0.29) is 5.91 Å². The number of benzene rings is 2. The molecule has 0 aliphatic rings. The molecule has 0 N–H and O–H groups in total. The van der Waals surface area contributed by atoms with Crippen molar-refractivity contribution in [3.05, 3.63) is 71.0 Å². The van der Waals surface area contributed by atoms with Crippen LogP contribution in [0.1, 0.15) is 27.3 Å². The molecule has 6 heteroatoms. The van der Waals surface area contributed by atoms with Gasteiger partial charge in [-0.25, -0.2) is 4.68 Å².